The molecule has 2 N–H and O–H groups in total. The lowest BCUT2D eigenvalue weighted by Crippen LogP contribution is -2.55. The van der Waals surface area contributed by atoms with Crippen molar-refractivity contribution in [2.75, 3.05) is 19.8 Å². The van der Waals surface area contributed by atoms with Crippen LogP contribution in [0.1, 0.15) is 43.7 Å². The molecule has 7 atom stereocenters. The Balaban J connectivity index is 1.54. The van der Waals surface area contributed by atoms with Gasteiger partial charge in [0.2, 0.25) is 0 Å². The molecule has 4 aliphatic heterocycles. The minimum Gasteiger partial charge on any atom is -0.381 e. The van der Waals surface area contributed by atoms with Gasteiger partial charge in [0.1, 0.15) is 0 Å². The molecule has 4 aliphatic rings. The summed E-state index contributed by atoms with van der Waals surface area (Å²) < 4.78 is 5.72. The van der Waals surface area contributed by atoms with Crippen molar-refractivity contribution < 1.29 is 4.74 Å². The van der Waals surface area contributed by atoms with Gasteiger partial charge in [0.05, 0.1) is 11.7 Å². The van der Waals surface area contributed by atoms with Crippen LogP contribution in [0, 0.1) is 11.8 Å². The zero-order valence-corrected chi connectivity index (χ0v) is 18.6. The molecule has 0 aliphatic carbocycles. The third-order valence-corrected chi connectivity index (χ3v) is 8.38. The zero-order chi connectivity index (χ0) is 19.1. The number of ether oxygens (including phenoxy) is 1. The van der Waals surface area contributed by atoms with Gasteiger partial charge in [0, 0.05) is 48.6 Å². The average Bonchev–Trinajstić information content (AvgIpc) is 3.02. The molecular formula is C22H31BrClN3O. The Morgan fingerprint density at radius 1 is 1.11 bits per heavy atom. The topological polar surface area (TPSA) is 36.5 Å². The molecule has 0 saturated carbocycles. The van der Waals surface area contributed by atoms with Crippen molar-refractivity contribution in [3.8, 4) is 0 Å². The van der Waals surface area contributed by atoms with Gasteiger partial charge >= 0.3 is 0 Å². The summed E-state index contributed by atoms with van der Waals surface area (Å²) >= 11 is 10.5. The van der Waals surface area contributed by atoms with E-state index in [-0.39, 0.29) is 5.50 Å². The zero-order valence-electron chi connectivity index (χ0n) is 16.3. The molecule has 4 heterocycles. The molecule has 0 radical (unpaired) electrons. The molecule has 6 unspecified atom stereocenters. The summed E-state index contributed by atoms with van der Waals surface area (Å²) in [6, 6.07) is 12.7. The number of hydrogen-bond acceptors (Lipinski definition) is 4. The van der Waals surface area contributed by atoms with Crippen molar-refractivity contribution in [2.45, 2.75) is 66.7 Å². The van der Waals surface area contributed by atoms with Gasteiger partial charge in [-0.1, -0.05) is 46.3 Å². The highest BCUT2D eigenvalue weighted by molar-refractivity contribution is 9.09. The highest BCUT2D eigenvalue weighted by Gasteiger charge is 2.55. The van der Waals surface area contributed by atoms with Crippen LogP contribution in [-0.2, 0) is 4.74 Å². The number of halogens is 2. The number of fused-ring (bicyclic) bond motifs is 3. The molecule has 4 nitrogen and oxygen atoms in total. The van der Waals surface area contributed by atoms with E-state index in [1.54, 1.807) is 0 Å². The van der Waals surface area contributed by atoms with Crippen molar-refractivity contribution in [3.63, 3.8) is 0 Å². The molecule has 0 aromatic heterocycles. The van der Waals surface area contributed by atoms with Gasteiger partial charge in [-0.2, -0.15) is 0 Å². The molecular weight excluding hydrogens is 438 g/mol. The van der Waals surface area contributed by atoms with Crippen LogP contribution in [0.3, 0.4) is 0 Å². The van der Waals surface area contributed by atoms with Crippen LogP contribution in [-0.4, -0.2) is 53.2 Å². The van der Waals surface area contributed by atoms with Crippen molar-refractivity contribution >= 4 is 27.5 Å². The van der Waals surface area contributed by atoms with E-state index in [0.29, 0.717) is 41.0 Å². The standard InChI is InChI=1S/C22H31BrClN3O/c23-16-12-18-20(25-13-16)17-6-7-19(24)26-22(17)27(18)21(14-4-2-1-3-5-14)15-8-10-28-11-9-15/h1-5,15-22,25-26H,6-13H2/t16?,17?,18?,19?,20?,21-,22?/m0/s1. The lowest BCUT2D eigenvalue weighted by molar-refractivity contribution is -0.00782. The summed E-state index contributed by atoms with van der Waals surface area (Å²) in [5.74, 6) is 1.26. The third kappa shape index (κ3) is 3.67. The Bertz CT molecular complexity index is 632. The summed E-state index contributed by atoms with van der Waals surface area (Å²) in [4.78, 5) is 3.37. The maximum atomic E-state index is 6.62. The lowest BCUT2D eigenvalue weighted by atomic mass is 9.84. The molecule has 0 spiro atoms. The largest absolute Gasteiger partial charge is 0.381 e. The predicted octanol–water partition coefficient (Wildman–Crippen LogP) is 3.85. The molecule has 0 amide bonds. The van der Waals surface area contributed by atoms with E-state index in [1.807, 2.05) is 0 Å². The SMILES string of the molecule is ClC1CCC2C3NCC(Br)CC3N([C@@H](c3ccccc3)C3CCOCC3)C2N1. The van der Waals surface area contributed by atoms with Crippen LogP contribution in [0.15, 0.2) is 30.3 Å². The van der Waals surface area contributed by atoms with E-state index in [1.165, 1.54) is 18.4 Å². The molecule has 0 bridgehead atoms. The summed E-state index contributed by atoms with van der Waals surface area (Å²) in [6.07, 6.45) is 6.10. The number of alkyl halides is 2. The van der Waals surface area contributed by atoms with Crippen LogP contribution in [0.5, 0.6) is 0 Å². The number of piperidine rings is 2. The molecule has 5 rings (SSSR count). The van der Waals surface area contributed by atoms with Gasteiger partial charge < -0.3 is 10.1 Å². The Hall–Kier alpha value is -0.170. The average molecular weight is 469 g/mol. The third-order valence-electron chi connectivity index (χ3n) is 7.34. The second-order valence-electron chi connectivity index (χ2n) is 8.91. The first-order valence-electron chi connectivity index (χ1n) is 10.9. The molecule has 4 saturated heterocycles. The number of benzene rings is 1. The Morgan fingerprint density at radius 3 is 2.68 bits per heavy atom. The minimum absolute atomic E-state index is 0.0785. The van der Waals surface area contributed by atoms with Crippen LogP contribution in [0.4, 0.5) is 0 Å². The van der Waals surface area contributed by atoms with Crippen LogP contribution in [0.2, 0.25) is 0 Å². The van der Waals surface area contributed by atoms with Crippen LogP contribution < -0.4 is 10.6 Å². The van der Waals surface area contributed by atoms with E-state index in [0.717, 1.165) is 39.0 Å². The second kappa shape index (κ2) is 8.52. The summed E-state index contributed by atoms with van der Waals surface area (Å²) in [6.45, 7) is 2.83. The highest BCUT2D eigenvalue weighted by atomic mass is 79.9. The number of hydrogen-bond donors (Lipinski definition) is 2. The van der Waals surface area contributed by atoms with Gasteiger partial charge in [-0.25, -0.2) is 0 Å². The van der Waals surface area contributed by atoms with Crippen LogP contribution in [0.25, 0.3) is 0 Å². The summed E-state index contributed by atoms with van der Waals surface area (Å²) in [5.41, 5.74) is 1.53. The van der Waals surface area contributed by atoms with Gasteiger partial charge in [0.25, 0.3) is 0 Å². The fourth-order valence-electron chi connectivity index (χ4n) is 6.16. The summed E-state index contributed by atoms with van der Waals surface area (Å²) in [7, 11) is 0. The van der Waals surface area contributed by atoms with E-state index in [9.17, 15) is 0 Å². The van der Waals surface area contributed by atoms with Crippen LogP contribution >= 0.6 is 27.5 Å². The number of likely N-dealkylation sites (tertiary alicyclic amines) is 1. The van der Waals surface area contributed by atoms with E-state index >= 15 is 0 Å². The quantitative estimate of drug-likeness (QED) is 0.522. The first-order valence-corrected chi connectivity index (χ1v) is 12.3. The Morgan fingerprint density at radius 2 is 1.89 bits per heavy atom. The maximum absolute atomic E-state index is 6.62. The molecule has 154 valence electrons. The van der Waals surface area contributed by atoms with Gasteiger partial charge in [-0.3, -0.25) is 10.2 Å². The fraction of sp³-hybridized carbons (Fsp3) is 0.727. The fourth-order valence-corrected chi connectivity index (χ4v) is 6.99. The van der Waals surface area contributed by atoms with E-state index in [2.05, 4.69) is 61.8 Å². The first-order chi connectivity index (χ1) is 13.7. The van der Waals surface area contributed by atoms with E-state index in [4.69, 9.17) is 16.3 Å². The maximum Gasteiger partial charge on any atom is 0.0837 e. The van der Waals surface area contributed by atoms with Gasteiger partial charge in [-0.05, 0) is 43.6 Å². The molecule has 1 aromatic carbocycles. The molecule has 4 fully saturated rings. The highest BCUT2D eigenvalue weighted by Crippen LogP contribution is 2.48. The Kier molecular flexibility index (Phi) is 6.02. The normalized spacial score (nSPS) is 40.6. The second-order valence-corrected chi connectivity index (χ2v) is 10.7. The Labute approximate surface area is 181 Å². The van der Waals surface area contributed by atoms with E-state index < -0.39 is 0 Å². The number of rotatable bonds is 3. The molecule has 6 heteroatoms. The number of nitrogens with zero attached hydrogens (tertiary/aromatic N) is 1. The smallest absolute Gasteiger partial charge is 0.0837 e. The summed E-state index contributed by atoms with van der Waals surface area (Å²) in [5, 5.41) is 7.68. The van der Waals surface area contributed by atoms with Crippen molar-refractivity contribution in [1.82, 2.24) is 15.5 Å². The van der Waals surface area contributed by atoms with Crippen molar-refractivity contribution in [3.05, 3.63) is 35.9 Å². The molecule has 28 heavy (non-hydrogen) atoms. The molecule has 1 aromatic rings. The van der Waals surface area contributed by atoms with Gasteiger partial charge in [0.15, 0.2) is 0 Å². The predicted molar refractivity (Wildman–Crippen MR) is 117 cm³/mol. The van der Waals surface area contributed by atoms with Crippen molar-refractivity contribution in [2.24, 2.45) is 11.8 Å². The van der Waals surface area contributed by atoms with Gasteiger partial charge in [-0.15, -0.1) is 11.6 Å². The first kappa shape index (κ1) is 19.8. The van der Waals surface area contributed by atoms with Crippen molar-refractivity contribution in [1.29, 1.82) is 0 Å². The number of nitrogens with one attached hydrogen (secondary N) is 2. The lowest BCUT2D eigenvalue weighted by Gasteiger charge is -2.46. The monoisotopic (exact) mass is 467 g/mol. The minimum atomic E-state index is 0.0785.